The Labute approximate surface area is 548 Å². The van der Waals surface area contributed by atoms with Gasteiger partial charge in [0.25, 0.3) is 0 Å². The molecule has 1 aliphatic rings. The fraction of sp³-hybridized carbons (Fsp3) is 0.872. The summed E-state index contributed by atoms with van der Waals surface area (Å²) in [5, 5.41) is 54.4. The van der Waals surface area contributed by atoms with E-state index in [9.17, 15) is 35.1 Å². The van der Waals surface area contributed by atoms with Crippen LogP contribution in [0.15, 0.2) is 48.6 Å². The van der Waals surface area contributed by atoms with E-state index in [-0.39, 0.29) is 18.5 Å². The second-order valence-electron chi connectivity index (χ2n) is 26.7. The van der Waals surface area contributed by atoms with Gasteiger partial charge in [-0.2, -0.15) is 0 Å². The quantitative estimate of drug-likeness (QED) is 0.0195. The van der Waals surface area contributed by atoms with Crippen molar-refractivity contribution in [2.75, 3.05) is 19.8 Å². The van der Waals surface area contributed by atoms with E-state index in [0.29, 0.717) is 19.4 Å². The van der Waals surface area contributed by atoms with Crippen molar-refractivity contribution in [3.05, 3.63) is 48.6 Å². The van der Waals surface area contributed by atoms with Crippen LogP contribution in [0, 0.1) is 0 Å². The second kappa shape index (κ2) is 67.1. The third-order valence-electron chi connectivity index (χ3n) is 18.1. The topological polar surface area (TPSA) is 175 Å². The van der Waals surface area contributed by atoms with Crippen LogP contribution >= 0.6 is 0 Å². The Morgan fingerprint density at radius 3 is 1.15 bits per heavy atom. The molecule has 11 heteroatoms. The van der Waals surface area contributed by atoms with E-state index in [1.54, 1.807) is 6.08 Å². The van der Waals surface area contributed by atoms with Crippen LogP contribution in [0.5, 0.6) is 0 Å². The van der Waals surface area contributed by atoms with E-state index in [4.69, 9.17) is 14.2 Å². The molecule has 1 rings (SSSR count). The molecule has 1 aliphatic heterocycles. The number of esters is 1. The molecule has 1 fully saturated rings. The number of carbonyl (C=O) groups is 2. The van der Waals surface area contributed by atoms with Crippen molar-refractivity contribution in [1.29, 1.82) is 0 Å². The van der Waals surface area contributed by atoms with E-state index in [1.807, 2.05) is 6.08 Å². The molecule has 7 atom stereocenters. The third-order valence-corrected chi connectivity index (χ3v) is 18.1. The maximum Gasteiger partial charge on any atom is 0.305 e. The molecule has 522 valence electrons. The molecular formula is C78H145NO10. The Morgan fingerprint density at radius 2 is 0.742 bits per heavy atom. The van der Waals surface area contributed by atoms with Gasteiger partial charge in [0.15, 0.2) is 6.29 Å². The van der Waals surface area contributed by atoms with Gasteiger partial charge in [-0.1, -0.05) is 332 Å². The highest BCUT2D eigenvalue weighted by Crippen LogP contribution is 2.24. The summed E-state index contributed by atoms with van der Waals surface area (Å²) in [4.78, 5) is 25.1. The number of unbranched alkanes of at least 4 members (excludes halogenated alkanes) is 48. The van der Waals surface area contributed by atoms with Gasteiger partial charge in [0.1, 0.15) is 24.4 Å². The molecule has 0 radical (unpaired) electrons. The van der Waals surface area contributed by atoms with Gasteiger partial charge >= 0.3 is 5.97 Å². The maximum absolute atomic E-state index is 13.1. The van der Waals surface area contributed by atoms with Crippen molar-refractivity contribution in [3.63, 3.8) is 0 Å². The van der Waals surface area contributed by atoms with Crippen LogP contribution in [0.2, 0.25) is 0 Å². The number of rotatable bonds is 68. The van der Waals surface area contributed by atoms with E-state index < -0.39 is 49.5 Å². The number of hydrogen-bond acceptors (Lipinski definition) is 10. The lowest BCUT2D eigenvalue weighted by Crippen LogP contribution is -2.60. The van der Waals surface area contributed by atoms with Crippen LogP contribution in [-0.4, -0.2) is 100 Å². The normalized spacial score (nSPS) is 17.9. The number of ether oxygens (including phenoxy) is 3. The summed E-state index contributed by atoms with van der Waals surface area (Å²) < 4.78 is 16.7. The Kier molecular flexibility index (Phi) is 63.8. The third kappa shape index (κ3) is 55.8. The van der Waals surface area contributed by atoms with Gasteiger partial charge in [-0.3, -0.25) is 9.59 Å². The van der Waals surface area contributed by atoms with Crippen LogP contribution < -0.4 is 5.32 Å². The van der Waals surface area contributed by atoms with Crippen LogP contribution in [0.1, 0.15) is 373 Å². The molecule has 1 amide bonds. The van der Waals surface area contributed by atoms with Crippen molar-refractivity contribution in [1.82, 2.24) is 5.32 Å². The molecule has 0 aromatic carbocycles. The molecule has 1 saturated heterocycles. The first-order valence-corrected chi connectivity index (χ1v) is 38.4. The Balaban J connectivity index is 1.91. The zero-order valence-electron chi connectivity index (χ0n) is 58.2. The van der Waals surface area contributed by atoms with Crippen LogP contribution in [-0.2, 0) is 23.8 Å². The lowest BCUT2D eigenvalue weighted by Gasteiger charge is -2.40. The molecule has 89 heavy (non-hydrogen) atoms. The van der Waals surface area contributed by atoms with Crippen LogP contribution in [0.25, 0.3) is 0 Å². The highest BCUT2D eigenvalue weighted by Gasteiger charge is 2.44. The zero-order chi connectivity index (χ0) is 64.4. The average molecular weight is 1260 g/mol. The minimum Gasteiger partial charge on any atom is -0.466 e. The zero-order valence-corrected chi connectivity index (χ0v) is 58.2. The molecule has 0 saturated carbocycles. The minimum absolute atomic E-state index is 0.0160. The number of aliphatic hydroxyl groups is 5. The molecular weight excluding hydrogens is 1110 g/mol. The summed E-state index contributed by atoms with van der Waals surface area (Å²) in [5.41, 5.74) is 0. The summed E-state index contributed by atoms with van der Waals surface area (Å²) in [6.07, 6.45) is 78.6. The highest BCUT2D eigenvalue weighted by atomic mass is 16.7. The van der Waals surface area contributed by atoms with Gasteiger partial charge in [0.05, 0.1) is 32.0 Å². The number of allylic oxidation sites excluding steroid dienone is 7. The molecule has 7 unspecified atom stereocenters. The van der Waals surface area contributed by atoms with Gasteiger partial charge in [-0.15, -0.1) is 0 Å². The number of nitrogens with one attached hydrogen (secondary N) is 1. The Bertz CT molecular complexity index is 1620. The lowest BCUT2D eigenvalue weighted by atomic mass is 9.99. The lowest BCUT2D eigenvalue weighted by molar-refractivity contribution is -0.302. The predicted octanol–water partition coefficient (Wildman–Crippen LogP) is 20.3. The van der Waals surface area contributed by atoms with E-state index >= 15 is 0 Å². The SMILES string of the molecule is CCCC/C=C/CC/C=C/CC/C=C/C(O)C(COC1OC(CO)C(O)C(O)C1O)NC(=O)CCCCCCCCCCCCCCCCCCC/C=C\CCCCCCCCCCCCCCCCCCOC(=O)CCCCCCCCCCCCCC. The van der Waals surface area contributed by atoms with E-state index in [0.717, 1.165) is 64.2 Å². The summed E-state index contributed by atoms with van der Waals surface area (Å²) in [6.45, 7) is 4.31. The van der Waals surface area contributed by atoms with Crippen molar-refractivity contribution in [3.8, 4) is 0 Å². The molecule has 6 N–H and O–H groups in total. The van der Waals surface area contributed by atoms with Gasteiger partial charge < -0.3 is 45.1 Å². The first-order valence-electron chi connectivity index (χ1n) is 38.4. The Morgan fingerprint density at radius 1 is 0.404 bits per heavy atom. The number of aliphatic hydroxyl groups excluding tert-OH is 5. The molecule has 0 aromatic rings. The number of amides is 1. The summed E-state index contributed by atoms with van der Waals surface area (Å²) >= 11 is 0. The largest absolute Gasteiger partial charge is 0.466 e. The van der Waals surface area contributed by atoms with Gasteiger partial charge in [-0.05, 0) is 77.0 Å². The van der Waals surface area contributed by atoms with Crippen molar-refractivity contribution >= 4 is 11.9 Å². The van der Waals surface area contributed by atoms with E-state index in [1.165, 1.54) is 283 Å². The fourth-order valence-electron chi connectivity index (χ4n) is 12.1. The molecule has 0 aliphatic carbocycles. The maximum atomic E-state index is 13.1. The average Bonchev–Trinajstić information content (AvgIpc) is 2.35. The summed E-state index contributed by atoms with van der Waals surface area (Å²) in [6, 6.07) is -0.832. The van der Waals surface area contributed by atoms with Crippen molar-refractivity contribution in [2.45, 2.75) is 416 Å². The summed E-state index contributed by atoms with van der Waals surface area (Å²) in [7, 11) is 0. The van der Waals surface area contributed by atoms with Gasteiger partial charge in [0.2, 0.25) is 5.91 Å². The minimum atomic E-state index is -1.58. The molecule has 0 aromatic heterocycles. The first kappa shape index (κ1) is 84.6. The van der Waals surface area contributed by atoms with Crippen LogP contribution in [0.4, 0.5) is 0 Å². The smallest absolute Gasteiger partial charge is 0.305 e. The van der Waals surface area contributed by atoms with Crippen molar-refractivity contribution < 1.29 is 49.3 Å². The monoisotopic (exact) mass is 1260 g/mol. The Hall–Kier alpha value is -2.38. The van der Waals surface area contributed by atoms with Gasteiger partial charge in [0, 0.05) is 12.8 Å². The standard InChI is InChI=1S/C78H145NO10/c1-3-5-7-9-11-13-15-44-48-52-56-60-64-71(81)70(69-88-78-77(86)76(85)75(84)72(68-80)89-78)79-73(82)65-61-57-53-49-45-42-40-38-36-34-32-30-28-26-24-22-20-18-17-19-21-23-25-27-29-31-33-35-37-39-41-43-47-51-55-59-63-67-87-74(83)66-62-58-54-50-46-16-14-12-10-8-6-4-2/h9,11,17,19,44,48,60,64,70-72,75-78,80-81,84-86H,3-8,10,12-16,18,20-43,45-47,49-59,61-63,65-69H2,1-2H3,(H,79,82)/b11-9+,19-17-,48-44+,64-60+. The van der Waals surface area contributed by atoms with Gasteiger partial charge in [-0.25, -0.2) is 0 Å². The highest BCUT2D eigenvalue weighted by molar-refractivity contribution is 5.76. The molecule has 1 heterocycles. The second-order valence-corrected chi connectivity index (χ2v) is 26.7. The van der Waals surface area contributed by atoms with Crippen LogP contribution in [0.3, 0.4) is 0 Å². The first-order chi connectivity index (χ1) is 43.7. The summed E-state index contributed by atoms with van der Waals surface area (Å²) in [5.74, 6) is -0.176. The predicted molar refractivity (Wildman–Crippen MR) is 375 cm³/mol. The van der Waals surface area contributed by atoms with E-state index in [2.05, 4.69) is 55.6 Å². The molecule has 0 spiro atoms. The molecule has 0 bridgehead atoms. The number of carbonyl (C=O) groups excluding carboxylic acids is 2. The number of hydrogen-bond donors (Lipinski definition) is 6. The molecule has 11 nitrogen and oxygen atoms in total. The fourth-order valence-corrected chi connectivity index (χ4v) is 12.1. The van der Waals surface area contributed by atoms with Crippen molar-refractivity contribution in [2.24, 2.45) is 0 Å².